The number of halogens is 1. The predicted molar refractivity (Wildman–Crippen MR) is 129 cm³/mol. The summed E-state index contributed by atoms with van der Waals surface area (Å²) >= 11 is 0. The van der Waals surface area contributed by atoms with Crippen LogP contribution in [0.5, 0.6) is 0 Å². The average Bonchev–Trinajstić information content (AvgIpc) is 2.84. The number of carboxylic acids is 1. The molecule has 3 atom stereocenters. The molecule has 176 valence electrons. The van der Waals surface area contributed by atoms with Crippen LogP contribution in [-0.4, -0.2) is 28.0 Å². The van der Waals surface area contributed by atoms with E-state index in [1.807, 2.05) is 12.1 Å². The minimum Gasteiger partial charge on any atom is -0.481 e. The van der Waals surface area contributed by atoms with Gasteiger partial charge in [-0.1, -0.05) is 60.2 Å². The van der Waals surface area contributed by atoms with Gasteiger partial charge in [0.1, 0.15) is 0 Å². The lowest BCUT2D eigenvalue weighted by molar-refractivity contribution is -0.144. The monoisotopic (exact) mass is 460 g/mol. The van der Waals surface area contributed by atoms with Crippen molar-refractivity contribution in [3.63, 3.8) is 0 Å². The second kappa shape index (κ2) is 10.6. The summed E-state index contributed by atoms with van der Waals surface area (Å²) in [7, 11) is 0. The third-order valence-corrected chi connectivity index (χ3v) is 6.72. The first-order valence-corrected chi connectivity index (χ1v) is 11.7. The van der Waals surface area contributed by atoms with Crippen LogP contribution < -0.4 is 5.32 Å². The summed E-state index contributed by atoms with van der Waals surface area (Å²) in [6.45, 7) is 2.06. The number of pyridine rings is 1. The average molecular weight is 461 g/mol. The molecule has 0 spiro atoms. The van der Waals surface area contributed by atoms with Crippen molar-refractivity contribution in [3.8, 4) is 11.1 Å². The van der Waals surface area contributed by atoms with Gasteiger partial charge in [0, 0.05) is 18.7 Å². The van der Waals surface area contributed by atoms with Gasteiger partial charge in [-0.3, -0.25) is 9.59 Å². The minimum atomic E-state index is -0.896. The SMILES string of the molecule is Cc1ccc(-c2ccc(CCC(=O)NC3CC(c4ccc(F)nc4)CCC3C(=O)O)cc2)cc1. The van der Waals surface area contributed by atoms with Crippen LogP contribution in [0.2, 0.25) is 0 Å². The summed E-state index contributed by atoms with van der Waals surface area (Å²) < 4.78 is 13.2. The molecular weight excluding hydrogens is 431 g/mol. The van der Waals surface area contributed by atoms with Crippen LogP contribution in [0.15, 0.2) is 66.9 Å². The Kier molecular flexibility index (Phi) is 7.36. The van der Waals surface area contributed by atoms with Gasteiger partial charge in [-0.2, -0.15) is 4.39 Å². The zero-order chi connectivity index (χ0) is 24.1. The second-order valence-corrected chi connectivity index (χ2v) is 9.11. The first-order valence-electron chi connectivity index (χ1n) is 11.7. The summed E-state index contributed by atoms with van der Waals surface area (Å²) in [6, 6.07) is 19.1. The van der Waals surface area contributed by atoms with Crippen molar-refractivity contribution < 1.29 is 19.1 Å². The van der Waals surface area contributed by atoms with Gasteiger partial charge in [0.2, 0.25) is 11.9 Å². The number of rotatable bonds is 7. The fourth-order valence-electron chi connectivity index (χ4n) is 4.70. The molecule has 34 heavy (non-hydrogen) atoms. The summed E-state index contributed by atoms with van der Waals surface area (Å²) in [5, 5.41) is 12.6. The van der Waals surface area contributed by atoms with E-state index in [-0.39, 0.29) is 18.2 Å². The molecule has 6 heteroatoms. The lowest BCUT2D eigenvalue weighted by atomic mass is 9.75. The number of carbonyl (C=O) groups excluding carboxylic acids is 1. The predicted octanol–water partition coefficient (Wildman–Crippen LogP) is 5.28. The Balaban J connectivity index is 1.35. The molecule has 2 N–H and O–H groups in total. The quantitative estimate of drug-likeness (QED) is 0.470. The van der Waals surface area contributed by atoms with Gasteiger partial charge >= 0.3 is 5.97 Å². The van der Waals surface area contributed by atoms with Crippen molar-refractivity contribution in [2.24, 2.45) is 5.92 Å². The number of carboxylic acid groups (broad SMARTS) is 1. The van der Waals surface area contributed by atoms with Crippen LogP contribution in [0.4, 0.5) is 4.39 Å². The van der Waals surface area contributed by atoms with E-state index >= 15 is 0 Å². The number of aromatic nitrogens is 1. The van der Waals surface area contributed by atoms with Crippen molar-refractivity contribution in [2.75, 3.05) is 0 Å². The zero-order valence-electron chi connectivity index (χ0n) is 19.2. The van der Waals surface area contributed by atoms with E-state index in [0.29, 0.717) is 25.7 Å². The number of benzene rings is 2. The van der Waals surface area contributed by atoms with Crippen LogP contribution in [-0.2, 0) is 16.0 Å². The first kappa shape index (κ1) is 23.6. The molecule has 0 saturated heterocycles. The number of aliphatic carboxylic acids is 1. The van der Waals surface area contributed by atoms with E-state index in [1.54, 1.807) is 6.07 Å². The highest BCUT2D eigenvalue weighted by atomic mass is 19.1. The summed E-state index contributed by atoms with van der Waals surface area (Å²) in [4.78, 5) is 28.2. The molecule has 3 unspecified atom stereocenters. The van der Waals surface area contributed by atoms with Crippen LogP contribution in [0.3, 0.4) is 0 Å². The fraction of sp³-hybridized carbons (Fsp3) is 0.321. The molecule has 5 nitrogen and oxygen atoms in total. The first-order chi connectivity index (χ1) is 16.4. The Morgan fingerprint density at radius 1 is 1.00 bits per heavy atom. The Hall–Kier alpha value is -3.54. The zero-order valence-corrected chi connectivity index (χ0v) is 19.2. The smallest absolute Gasteiger partial charge is 0.308 e. The molecule has 1 aliphatic rings. The second-order valence-electron chi connectivity index (χ2n) is 9.11. The molecule has 1 fully saturated rings. The fourth-order valence-corrected chi connectivity index (χ4v) is 4.70. The standard InChI is InChI=1S/C28H29FN2O3/c1-18-2-7-20(8-3-18)21-9-4-19(5-10-21)6-15-27(32)31-25-16-22(11-13-24(25)28(33)34)23-12-14-26(29)30-17-23/h2-5,7-10,12,14,17,22,24-25H,6,11,13,15-16H2,1H3,(H,31,32)(H,33,34). The Morgan fingerprint density at radius 2 is 1.68 bits per heavy atom. The number of aryl methyl sites for hydroxylation is 2. The minimum absolute atomic E-state index is 0.0447. The highest BCUT2D eigenvalue weighted by molar-refractivity contribution is 5.78. The van der Waals surface area contributed by atoms with Gasteiger partial charge in [0.15, 0.2) is 0 Å². The van der Waals surface area contributed by atoms with Crippen LogP contribution in [0.1, 0.15) is 48.3 Å². The molecule has 1 aliphatic carbocycles. The van der Waals surface area contributed by atoms with Crippen LogP contribution >= 0.6 is 0 Å². The van der Waals surface area contributed by atoms with Gasteiger partial charge in [-0.05, 0) is 66.8 Å². The molecule has 0 radical (unpaired) electrons. The van der Waals surface area contributed by atoms with Gasteiger partial charge < -0.3 is 10.4 Å². The molecule has 0 bridgehead atoms. The van der Waals surface area contributed by atoms with E-state index < -0.39 is 23.9 Å². The van der Waals surface area contributed by atoms with Gasteiger partial charge in [0.05, 0.1) is 5.92 Å². The Bertz CT molecular complexity index is 1130. The van der Waals surface area contributed by atoms with Crippen molar-refractivity contribution in [3.05, 3.63) is 89.5 Å². The highest BCUT2D eigenvalue weighted by Crippen LogP contribution is 2.36. The van der Waals surface area contributed by atoms with E-state index in [2.05, 4.69) is 53.6 Å². The van der Waals surface area contributed by atoms with Gasteiger partial charge in [0.25, 0.3) is 0 Å². The molecule has 1 heterocycles. The highest BCUT2D eigenvalue weighted by Gasteiger charge is 2.36. The van der Waals surface area contributed by atoms with Gasteiger partial charge in [-0.25, -0.2) is 4.98 Å². The van der Waals surface area contributed by atoms with E-state index in [0.717, 1.165) is 22.3 Å². The lowest BCUT2D eigenvalue weighted by Gasteiger charge is -2.34. The lowest BCUT2D eigenvalue weighted by Crippen LogP contribution is -2.46. The molecule has 1 aromatic heterocycles. The Morgan fingerprint density at radius 3 is 2.29 bits per heavy atom. The molecule has 1 saturated carbocycles. The molecular formula is C28H29FN2O3. The van der Waals surface area contributed by atoms with Gasteiger partial charge in [-0.15, -0.1) is 0 Å². The van der Waals surface area contributed by atoms with E-state index in [9.17, 15) is 19.1 Å². The third kappa shape index (κ3) is 5.87. The molecule has 1 amide bonds. The third-order valence-electron chi connectivity index (χ3n) is 6.72. The number of hydrogen-bond donors (Lipinski definition) is 2. The van der Waals surface area contributed by atoms with Crippen molar-refractivity contribution in [2.45, 2.75) is 51.0 Å². The van der Waals surface area contributed by atoms with E-state index in [4.69, 9.17) is 0 Å². The molecule has 2 aromatic carbocycles. The maximum absolute atomic E-state index is 13.2. The molecule has 4 rings (SSSR count). The summed E-state index contributed by atoms with van der Waals surface area (Å²) in [5.74, 6) is -2.17. The van der Waals surface area contributed by atoms with Crippen molar-refractivity contribution >= 4 is 11.9 Å². The van der Waals surface area contributed by atoms with E-state index in [1.165, 1.54) is 17.8 Å². The molecule has 3 aromatic rings. The van der Waals surface area contributed by atoms with Crippen LogP contribution in [0.25, 0.3) is 11.1 Å². The number of hydrogen-bond acceptors (Lipinski definition) is 3. The maximum atomic E-state index is 13.2. The number of nitrogens with zero attached hydrogens (tertiary/aromatic N) is 1. The summed E-state index contributed by atoms with van der Waals surface area (Å²) in [6.07, 6.45) is 4.00. The number of carbonyl (C=O) groups is 2. The number of nitrogens with one attached hydrogen (secondary N) is 1. The van der Waals surface area contributed by atoms with Crippen molar-refractivity contribution in [1.29, 1.82) is 0 Å². The Labute approximate surface area is 199 Å². The largest absolute Gasteiger partial charge is 0.481 e. The normalized spacial score (nSPS) is 20.0. The topological polar surface area (TPSA) is 79.3 Å². The van der Waals surface area contributed by atoms with Crippen molar-refractivity contribution in [1.82, 2.24) is 10.3 Å². The number of amides is 1. The van der Waals surface area contributed by atoms with Crippen LogP contribution in [0, 0.1) is 18.8 Å². The molecule has 0 aliphatic heterocycles. The summed E-state index contributed by atoms with van der Waals surface area (Å²) in [5.41, 5.74) is 5.42. The maximum Gasteiger partial charge on any atom is 0.308 e.